The van der Waals surface area contributed by atoms with Crippen LogP contribution < -0.4 is 0 Å². The van der Waals surface area contributed by atoms with Gasteiger partial charge in [0.1, 0.15) is 5.76 Å². The van der Waals surface area contributed by atoms with Gasteiger partial charge in [0.2, 0.25) is 0 Å². The van der Waals surface area contributed by atoms with Crippen LogP contribution >= 0.6 is 0 Å². The monoisotopic (exact) mass is 294 g/mol. The summed E-state index contributed by atoms with van der Waals surface area (Å²) >= 11 is 0. The van der Waals surface area contributed by atoms with E-state index in [1.165, 1.54) is 0 Å². The van der Waals surface area contributed by atoms with E-state index in [-0.39, 0.29) is 11.4 Å². The van der Waals surface area contributed by atoms with Gasteiger partial charge >= 0.3 is 5.97 Å². The summed E-state index contributed by atoms with van der Waals surface area (Å²) in [5.74, 6) is 1.07. The van der Waals surface area contributed by atoms with Crippen LogP contribution in [0.5, 0.6) is 0 Å². The number of ether oxygens (including phenoxy) is 2. The largest absolute Gasteiger partial charge is 0.501 e. The molecule has 0 aromatic rings. The van der Waals surface area contributed by atoms with Gasteiger partial charge in [-0.25, -0.2) is 0 Å². The average molecular weight is 294 g/mol. The molecule has 0 N–H and O–H groups in total. The van der Waals surface area contributed by atoms with Gasteiger partial charge in [0.05, 0.1) is 18.3 Å². The zero-order valence-electron chi connectivity index (χ0n) is 15.0. The number of methoxy groups -OCH3 is 1. The first-order chi connectivity index (χ1) is 9.44. The molecule has 0 aliphatic carbocycles. The van der Waals surface area contributed by atoms with Crippen molar-refractivity contribution in [2.45, 2.75) is 55.4 Å². The molecule has 0 fully saturated rings. The van der Waals surface area contributed by atoms with E-state index in [0.717, 1.165) is 11.3 Å². The van der Waals surface area contributed by atoms with Crippen LogP contribution in [-0.4, -0.2) is 13.1 Å². The van der Waals surface area contributed by atoms with Crippen molar-refractivity contribution in [2.75, 3.05) is 7.11 Å². The molecule has 21 heavy (non-hydrogen) atoms. The Labute approximate surface area is 129 Å². The predicted octanol–water partition coefficient (Wildman–Crippen LogP) is 5.00. The zero-order chi connectivity index (χ0) is 16.8. The van der Waals surface area contributed by atoms with Crippen molar-refractivity contribution in [1.82, 2.24) is 0 Å². The molecule has 120 valence electrons. The highest BCUT2D eigenvalue weighted by molar-refractivity contribution is 5.80. The third kappa shape index (κ3) is 5.78. The fraction of sp³-hybridized carbons (Fsp3) is 0.611. The minimum absolute atomic E-state index is 0.236. The topological polar surface area (TPSA) is 35.5 Å². The van der Waals surface area contributed by atoms with Crippen LogP contribution in [0, 0.1) is 10.8 Å². The van der Waals surface area contributed by atoms with Crippen LogP contribution in [0.4, 0.5) is 0 Å². The Morgan fingerprint density at radius 3 is 1.76 bits per heavy atom. The Morgan fingerprint density at radius 1 is 0.905 bits per heavy atom. The molecule has 0 bridgehead atoms. The van der Waals surface area contributed by atoms with Crippen LogP contribution in [0.15, 0.2) is 35.3 Å². The second-order valence-corrected chi connectivity index (χ2v) is 6.82. The van der Waals surface area contributed by atoms with Crippen LogP contribution in [0.25, 0.3) is 0 Å². The first-order valence-electron chi connectivity index (χ1n) is 7.21. The molecule has 1 unspecified atom stereocenters. The summed E-state index contributed by atoms with van der Waals surface area (Å²) in [5, 5.41) is 0. The molecule has 0 saturated carbocycles. The molecular formula is C18H30O3. The molecule has 0 aromatic carbocycles. The van der Waals surface area contributed by atoms with E-state index in [0.29, 0.717) is 5.76 Å². The van der Waals surface area contributed by atoms with E-state index in [2.05, 4.69) is 0 Å². The summed E-state index contributed by atoms with van der Waals surface area (Å²) in [7, 11) is 1.60. The van der Waals surface area contributed by atoms with Crippen molar-refractivity contribution in [2.24, 2.45) is 10.8 Å². The Kier molecular flexibility index (Phi) is 6.95. The van der Waals surface area contributed by atoms with Gasteiger partial charge in [0, 0.05) is 0 Å². The molecule has 0 aromatic heterocycles. The molecule has 0 aliphatic heterocycles. The lowest BCUT2D eigenvalue weighted by Crippen LogP contribution is -2.40. The number of rotatable bonds is 5. The van der Waals surface area contributed by atoms with Crippen molar-refractivity contribution in [1.29, 1.82) is 0 Å². The van der Waals surface area contributed by atoms with Crippen molar-refractivity contribution < 1.29 is 14.3 Å². The SMILES string of the molecule is CO/C(C)=C/C=C(\C)OC(=O)C(C)(C=C(C)C)C(C)(C)C. The number of hydrogen-bond donors (Lipinski definition) is 0. The van der Waals surface area contributed by atoms with Crippen LogP contribution in [0.3, 0.4) is 0 Å². The Hall–Kier alpha value is -1.51. The minimum Gasteiger partial charge on any atom is -0.501 e. The highest BCUT2D eigenvalue weighted by Crippen LogP contribution is 2.42. The van der Waals surface area contributed by atoms with Gasteiger partial charge < -0.3 is 9.47 Å². The second-order valence-electron chi connectivity index (χ2n) is 6.82. The standard InChI is InChI=1S/C18H30O3/c1-13(2)12-18(8,17(5,6)7)16(19)21-15(4)11-10-14(3)20-9/h10-12H,1-9H3/b14-10+,15-11+. The predicted molar refractivity (Wildman–Crippen MR) is 87.6 cm³/mol. The van der Waals surface area contributed by atoms with Gasteiger partial charge in [0.25, 0.3) is 0 Å². The third-order valence-corrected chi connectivity index (χ3v) is 3.69. The molecule has 0 amide bonds. The zero-order valence-corrected chi connectivity index (χ0v) is 15.0. The fourth-order valence-corrected chi connectivity index (χ4v) is 1.75. The molecule has 0 rings (SSSR count). The number of carbonyl (C=O) groups is 1. The Morgan fingerprint density at radius 2 is 1.38 bits per heavy atom. The first-order valence-corrected chi connectivity index (χ1v) is 7.21. The van der Waals surface area contributed by atoms with Crippen LogP contribution in [-0.2, 0) is 14.3 Å². The number of esters is 1. The van der Waals surface area contributed by atoms with Gasteiger partial charge in [0.15, 0.2) is 0 Å². The molecule has 0 spiro atoms. The van der Waals surface area contributed by atoms with Crippen molar-refractivity contribution in [3.63, 3.8) is 0 Å². The van der Waals surface area contributed by atoms with Crippen LogP contribution in [0.2, 0.25) is 0 Å². The highest BCUT2D eigenvalue weighted by atomic mass is 16.5. The quantitative estimate of drug-likeness (QED) is 0.310. The van der Waals surface area contributed by atoms with E-state index in [4.69, 9.17) is 9.47 Å². The molecule has 1 atom stereocenters. The lowest BCUT2D eigenvalue weighted by atomic mass is 9.67. The minimum atomic E-state index is -0.680. The molecule has 3 nitrogen and oxygen atoms in total. The lowest BCUT2D eigenvalue weighted by molar-refractivity contribution is -0.153. The number of allylic oxidation sites excluding steroid dienone is 5. The van der Waals surface area contributed by atoms with Gasteiger partial charge in [-0.3, -0.25) is 4.79 Å². The Balaban J connectivity index is 5.33. The summed E-state index contributed by atoms with van der Waals surface area (Å²) in [4.78, 5) is 12.6. The normalized spacial score (nSPS) is 16.0. The molecule has 0 radical (unpaired) electrons. The van der Waals surface area contributed by atoms with Gasteiger partial charge in [-0.05, 0) is 52.2 Å². The molecule has 3 heteroatoms. The number of hydrogen-bond acceptors (Lipinski definition) is 3. The highest BCUT2D eigenvalue weighted by Gasteiger charge is 2.44. The maximum Gasteiger partial charge on any atom is 0.321 e. The molecule has 0 heterocycles. The molecule has 0 saturated heterocycles. The summed E-state index contributed by atoms with van der Waals surface area (Å²) < 4.78 is 10.6. The summed E-state index contributed by atoms with van der Waals surface area (Å²) in [6.45, 7) is 15.6. The van der Waals surface area contributed by atoms with Gasteiger partial charge in [-0.15, -0.1) is 0 Å². The first kappa shape index (κ1) is 19.5. The van der Waals surface area contributed by atoms with Crippen molar-refractivity contribution >= 4 is 5.97 Å². The summed E-state index contributed by atoms with van der Waals surface area (Å²) in [5.41, 5.74) is 0.182. The lowest BCUT2D eigenvalue weighted by Gasteiger charge is -2.37. The second kappa shape index (κ2) is 7.48. The summed E-state index contributed by atoms with van der Waals surface area (Å²) in [6, 6.07) is 0. The molecular weight excluding hydrogens is 264 g/mol. The van der Waals surface area contributed by atoms with Crippen molar-refractivity contribution in [3.05, 3.63) is 35.3 Å². The van der Waals surface area contributed by atoms with E-state index in [1.807, 2.05) is 54.5 Å². The smallest absolute Gasteiger partial charge is 0.321 e. The maximum atomic E-state index is 12.6. The van der Waals surface area contributed by atoms with E-state index >= 15 is 0 Å². The fourth-order valence-electron chi connectivity index (χ4n) is 1.75. The van der Waals surface area contributed by atoms with Crippen molar-refractivity contribution in [3.8, 4) is 0 Å². The summed E-state index contributed by atoms with van der Waals surface area (Å²) in [6.07, 6.45) is 5.50. The van der Waals surface area contributed by atoms with Crippen LogP contribution in [0.1, 0.15) is 55.4 Å². The maximum absolute atomic E-state index is 12.6. The number of carbonyl (C=O) groups excluding carboxylic acids is 1. The van der Waals surface area contributed by atoms with E-state index in [1.54, 1.807) is 26.2 Å². The average Bonchev–Trinajstić information content (AvgIpc) is 2.33. The van der Waals surface area contributed by atoms with Gasteiger partial charge in [-0.1, -0.05) is 32.4 Å². The van der Waals surface area contributed by atoms with E-state index in [9.17, 15) is 4.79 Å². The van der Waals surface area contributed by atoms with Gasteiger partial charge in [-0.2, -0.15) is 0 Å². The van der Waals surface area contributed by atoms with E-state index < -0.39 is 5.41 Å². The Bertz CT molecular complexity index is 457. The molecule has 0 aliphatic rings. The third-order valence-electron chi connectivity index (χ3n) is 3.69.